The molecular weight excluding hydrogens is 308 g/mol. The first-order valence-electron chi connectivity index (χ1n) is 8.71. The van der Waals surface area contributed by atoms with Crippen molar-refractivity contribution in [3.63, 3.8) is 0 Å². The van der Waals surface area contributed by atoms with Crippen LogP contribution >= 0.6 is 0 Å². The predicted molar refractivity (Wildman–Crippen MR) is 93.6 cm³/mol. The molecule has 1 rings (SSSR count). The van der Waals surface area contributed by atoms with E-state index in [0.717, 1.165) is 31.3 Å². The quantitative estimate of drug-likeness (QED) is 0.287. The second-order valence-corrected chi connectivity index (χ2v) is 6.34. The van der Waals surface area contributed by atoms with Gasteiger partial charge in [-0.15, -0.1) is 0 Å². The predicted octanol–water partition coefficient (Wildman–Crippen LogP) is 2.74. The summed E-state index contributed by atoms with van der Waals surface area (Å²) in [5.41, 5.74) is 0.927. The number of carbonyl (C=O) groups excluding carboxylic acids is 1. The summed E-state index contributed by atoms with van der Waals surface area (Å²) >= 11 is 0. The normalized spacial score (nSPS) is 27.3. The first kappa shape index (κ1) is 20.9. The minimum atomic E-state index is -0.604. The molecule has 1 aliphatic rings. The van der Waals surface area contributed by atoms with Gasteiger partial charge in [0.05, 0.1) is 26.4 Å². The molecule has 5 heteroatoms. The fourth-order valence-electron chi connectivity index (χ4n) is 3.29. The van der Waals surface area contributed by atoms with Crippen LogP contribution < -0.4 is 0 Å². The molecule has 0 amide bonds. The molecule has 0 bridgehead atoms. The Morgan fingerprint density at radius 3 is 2.42 bits per heavy atom. The van der Waals surface area contributed by atoms with Crippen LogP contribution in [0, 0.1) is 17.8 Å². The minimum Gasteiger partial charge on any atom is -0.466 e. The summed E-state index contributed by atoms with van der Waals surface area (Å²) in [5, 5.41) is 10.9. The Kier molecular flexibility index (Phi) is 9.91. The van der Waals surface area contributed by atoms with Crippen molar-refractivity contribution in [2.45, 2.75) is 38.7 Å². The molecule has 0 aromatic heterocycles. The number of methoxy groups -OCH3 is 3. The van der Waals surface area contributed by atoms with Crippen molar-refractivity contribution in [3.05, 3.63) is 23.8 Å². The van der Waals surface area contributed by atoms with E-state index >= 15 is 0 Å². The van der Waals surface area contributed by atoms with E-state index in [1.54, 1.807) is 14.2 Å². The number of aliphatic hydroxyl groups is 1. The Balaban J connectivity index is 3.00. The monoisotopic (exact) mass is 340 g/mol. The molecule has 0 unspecified atom stereocenters. The van der Waals surface area contributed by atoms with Crippen molar-refractivity contribution in [1.82, 2.24) is 0 Å². The third-order valence-corrected chi connectivity index (χ3v) is 4.64. The summed E-state index contributed by atoms with van der Waals surface area (Å²) in [7, 11) is 4.66. The lowest BCUT2D eigenvalue weighted by Crippen LogP contribution is -2.41. The van der Waals surface area contributed by atoms with Gasteiger partial charge < -0.3 is 19.3 Å². The van der Waals surface area contributed by atoms with Gasteiger partial charge in [-0.05, 0) is 12.8 Å². The molecule has 0 spiro atoms. The zero-order valence-electron chi connectivity index (χ0n) is 15.4. The van der Waals surface area contributed by atoms with E-state index in [9.17, 15) is 9.90 Å². The van der Waals surface area contributed by atoms with Crippen molar-refractivity contribution in [3.8, 4) is 0 Å². The highest BCUT2D eigenvalue weighted by Crippen LogP contribution is 2.35. The summed E-state index contributed by atoms with van der Waals surface area (Å²) in [5.74, 6) is -0.507. The molecule has 1 N–H and O–H groups in total. The van der Waals surface area contributed by atoms with Crippen LogP contribution in [0.1, 0.15) is 32.6 Å². The zero-order chi connectivity index (χ0) is 17.9. The molecule has 0 aliphatic heterocycles. The first-order valence-corrected chi connectivity index (χ1v) is 8.71. The van der Waals surface area contributed by atoms with Crippen molar-refractivity contribution in [2.75, 3.05) is 34.5 Å². The van der Waals surface area contributed by atoms with Gasteiger partial charge in [-0.2, -0.15) is 0 Å². The minimum absolute atomic E-state index is 0.0582. The maximum absolute atomic E-state index is 11.7. The Morgan fingerprint density at radius 1 is 1.12 bits per heavy atom. The number of esters is 1. The lowest BCUT2D eigenvalue weighted by Gasteiger charge is -2.37. The molecular formula is C19H32O5. The molecule has 5 nitrogen and oxygen atoms in total. The summed E-state index contributed by atoms with van der Waals surface area (Å²) in [6, 6.07) is 0. The van der Waals surface area contributed by atoms with E-state index in [0.29, 0.717) is 13.2 Å². The standard InChI is InChI=1S/C19H32O5/c1-5-6-7-8-14(11-18(20)24-4)16-10-9-15(12-22-2)17(13-23-3)19(16)21/h9-11,15-17,19,21H,5-8,12-13H2,1-4H3/b14-11+/t15-,16+,17+,19-/m0/s1. The fraction of sp³-hybridized carbons (Fsp3) is 0.737. The van der Waals surface area contributed by atoms with Gasteiger partial charge in [0.1, 0.15) is 0 Å². The topological polar surface area (TPSA) is 65.0 Å². The maximum Gasteiger partial charge on any atom is 0.330 e. The molecule has 24 heavy (non-hydrogen) atoms. The highest BCUT2D eigenvalue weighted by Gasteiger charge is 2.36. The number of hydrogen-bond donors (Lipinski definition) is 1. The Labute approximate surface area is 145 Å². The Morgan fingerprint density at radius 2 is 1.83 bits per heavy atom. The van der Waals surface area contributed by atoms with Gasteiger partial charge in [-0.1, -0.05) is 37.5 Å². The lowest BCUT2D eigenvalue weighted by atomic mass is 9.73. The van der Waals surface area contributed by atoms with Crippen molar-refractivity contribution in [1.29, 1.82) is 0 Å². The summed E-state index contributed by atoms with van der Waals surface area (Å²) in [6.45, 7) is 3.14. The molecule has 0 saturated heterocycles. The summed E-state index contributed by atoms with van der Waals surface area (Å²) in [4.78, 5) is 11.7. The van der Waals surface area contributed by atoms with E-state index < -0.39 is 6.10 Å². The van der Waals surface area contributed by atoms with E-state index in [-0.39, 0.29) is 23.7 Å². The van der Waals surface area contributed by atoms with Gasteiger partial charge in [0, 0.05) is 38.0 Å². The van der Waals surface area contributed by atoms with Gasteiger partial charge in [-0.3, -0.25) is 0 Å². The largest absolute Gasteiger partial charge is 0.466 e. The van der Waals surface area contributed by atoms with Crippen LogP contribution in [0.5, 0.6) is 0 Å². The number of ether oxygens (including phenoxy) is 3. The van der Waals surface area contributed by atoms with Crippen molar-refractivity contribution >= 4 is 5.97 Å². The van der Waals surface area contributed by atoms with Gasteiger partial charge in [0.2, 0.25) is 0 Å². The fourth-order valence-corrected chi connectivity index (χ4v) is 3.29. The van der Waals surface area contributed by atoms with E-state index in [4.69, 9.17) is 14.2 Å². The van der Waals surface area contributed by atoms with Gasteiger partial charge in [0.15, 0.2) is 0 Å². The molecule has 0 aromatic rings. The lowest BCUT2D eigenvalue weighted by molar-refractivity contribution is -0.134. The number of rotatable bonds is 10. The highest BCUT2D eigenvalue weighted by molar-refractivity contribution is 5.82. The maximum atomic E-state index is 11.7. The third-order valence-electron chi connectivity index (χ3n) is 4.64. The molecule has 0 fully saturated rings. The van der Waals surface area contributed by atoms with Crippen LogP contribution in [0.2, 0.25) is 0 Å². The molecule has 0 aromatic carbocycles. The van der Waals surface area contributed by atoms with Crippen LogP contribution in [-0.4, -0.2) is 51.7 Å². The molecule has 1 aliphatic carbocycles. The average molecular weight is 340 g/mol. The zero-order valence-corrected chi connectivity index (χ0v) is 15.4. The highest BCUT2D eigenvalue weighted by atomic mass is 16.5. The van der Waals surface area contributed by atoms with Gasteiger partial charge in [0.25, 0.3) is 0 Å². The second kappa shape index (κ2) is 11.4. The van der Waals surface area contributed by atoms with Crippen molar-refractivity contribution in [2.24, 2.45) is 17.8 Å². The van der Waals surface area contributed by atoms with Crippen molar-refractivity contribution < 1.29 is 24.1 Å². The van der Waals surface area contributed by atoms with E-state index in [1.807, 2.05) is 6.08 Å². The second-order valence-electron chi connectivity index (χ2n) is 6.34. The number of aliphatic hydroxyl groups excluding tert-OH is 1. The molecule has 138 valence electrons. The summed E-state index contributed by atoms with van der Waals surface area (Å²) < 4.78 is 15.3. The Hall–Kier alpha value is -1.17. The van der Waals surface area contributed by atoms with Crippen LogP contribution in [0.15, 0.2) is 23.8 Å². The van der Waals surface area contributed by atoms with Gasteiger partial charge >= 0.3 is 5.97 Å². The molecule has 0 radical (unpaired) electrons. The van der Waals surface area contributed by atoms with Crippen LogP contribution in [-0.2, 0) is 19.0 Å². The molecule has 0 saturated carbocycles. The SMILES string of the molecule is CCCCC/C(=C\C(=O)OC)[C@H]1C=C[C@@H](COC)[C@@H](COC)[C@H]1O. The smallest absolute Gasteiger partial charge is 0.330 e. The number of unbranched alkanes of at least 4 members (excludes halogenated alkanes) is 2. The van der Waals surface area contributed by atoms with Crippen LogP contribution in [0.3, 0.4) is 0 Å². The van der Waals surface area contributed by atoms with Gasteiger partial charge in [-0.25, -0.2) is 4.79 Å². The Bertz CT molecular complexity index is 429. The molecule has 0 heterocycles. The third kappa shape index (κ3) is 6.04. The molecule has 4 atom stereocenters. The first-order chi connectivity index (χ1) is 11.6. The van der Waals surface area contributed by atoms with Crippen LogP contribution in [0.25, 0.3) is 0 Å². The van der Waals surface area contributed by atoms with E-state index in [1.165, 1.54) is 13.2 Å². The number of hydrogen-bond acceptors (Lipinski definition) is 5. The number of carbonyl (C=O) groups is 1. The van der Waals surface area contributed by atoms with Crippen LogP contribution in [0.4, 0.5) is 0 Å². The average Bonchev–Trinajstić information content (AvgIpc) is 2.57. The van der Waals surface area contributed by atoms with E-state index in [2.05, 4.69) is 13.0 Å². The summed E-state index contributed by atoms with van der Waals surface area (Å²) in [6.07, 6.45) is 8.99.